The van der Waals surface area contributed by atoms with Crippen molar-refractivity contribution in [3.8, 4) is 22.1 Å². The van der Waals surface area contributed by atoms with Gasteiger partial charge in [0.15, 0.2) is 0 Å². The Labute approximate surface area is 168 Å². The van der Waals surface area contributed by atoms with E-state index in [-0.39, 0.29) is 5.91 Å². The van der Waals surface area contributed by atoms with Gasteiger partial charge < -0.3 is 9.47 Å². The molecule has 1 heterocycles. The zero-order valence-corrected chi connectivity index (χ0v) is 16.8. The summed E-state index contributed by atoms with van der Waals surface area (Å²) < 4.78 is 10.8. The number of nitrogens with one attached hydrogen (secondary N) is 1. The van der Waals surface area contributed by atoms with Crippen molar-refractivity contribution in [1.82, 2.24) is 10.2 Å². The van der Waals surface area contributed by atoms with Gasteiger partial charge in [-0.1, -0.05) is 31.1 Å². The normalized spacial score (nSPS) is 10.5. The molecule has 1 aromatic heterocycles. The predicted octanol–water partition coefficient (Wildman–Crippen LogP) is 5.04. The van der Waals surface area contributed by atoms with Crippen LogP contribution in [-0.2, 0) is 0 Å². The Hall–Kier alpha value is -2.93. The lowest BCUT2D eigenvalue weighted by Crippen LogP contribution is -2.11. The van der Waals surface area contributed by atoms with Gasteiger partial charge in [0.25, 0.3) is 5.91 Å². The Bertz CT molecular complexity index is 892. The summed E-state index contributed by atoms with van der Waals surface area (Å²) in [7, 11) is 1.62. The molecule has 0 aliphatic carbocycles. The molecule has 0 bridgehead atoms. The molecule has 1 N–H and O–H groups in total. The van der Waals surface area contributed by atoms with Gasteiger partial charge in [0.1, 0.15) is 16.5 Å². The zero-order chi connectivity index (χ0) is 19.8. The van der Waals surface area contributed by atoms with E-state index in [4.69, 9.17) is 9.47 Å². The van der Waals surface area contributed by atoms with Gasteiger partial charge in [-0.15, -0.1) is 10.2 Å². The Morgan fingerprint density at radius 3 is 2.39 bits per heavy atom. The molecular weight excluding hydrogens is 374 g/mol. The van der Waals surface area contributed by atoms with Crippen molar-refractivity contribution >= 4 is 22.4 Å². The van der Waals surface area contributed by atoms with E-state index in [0.717, 1.165) is 41.3 Å². The van der Waals surface area contributed by atoms with Crippen molar-refractivity contribution in [2.45, 2.75) is 26.2 Å². The first kappa shape index (κ1) is 19.8. The smallest absolute Gasteiger partial charge is 0.257 e. The second kappa shape index (κ2) is 9.85. The number of aromatic nitrogens is 2. The van der Waals surface area contributed by atoms with Gasteiger partial charge in [-0.3, -0.25) is 10.1 Å². The van der Waals surface area contributed by atoms with Crippen molar-refractivity contribution in [1.29, 1.82) is 0 Å². The third-order valence-corrected chi connectivity index (χ3v) is 5.00. The standard InChI is InChI=1S/C21H23N3O3S/c1-3-4-5-14-27-18-12-6-15(7-13-18)19(25)22-21-24-23-20(28-21)16-8-10-17(26-2)11-9-16/h6-13H,3-5,14H2,1-2H3,(H,22,24,25). The molecule has 28 heavy (non-hydrogen) atoms. The number of anilines is 1. The second-order valence-electron chi connectivity index (χ2n) is 6.17. The summed E-state index contributed by atoms with van der Waals surface area (Å²) in [5, 5.41) is 12.2. The van der Waals surface area contributed by atoms with Crippen LogP contribution in [-0.4, -0.2) is 29.8 Å². The lowest BCUT2D eigenvalue weighted by molar-refractivity contribution is 0.102. The maximum absolute atomic E-state index is 12.4. The van der Waals surface area contributed by atoms with Crippen molar-refractivity contribution < 1.29 is 14.3 Å². The van der Waals surface area contributed by atoms with Gasteiger partial charge in [-0.25, -0.2) is 0 Å². The number of nitrogens with zero attached hydrogens (tertiary/aromatic N) is 2. The van der Waals surface area contributed by atoms with Gasteiger partial charge in [0.05, 0.1) is 13.7 Å². The van der Waals surface area contributed by atoms with Gasteiger partial charge in [-0.2, -0.15) is 0 Å². The number of unbranched alkanes of at least 4 members (excludes halogenated alkanes) is 2. The third kappa shape index (κ3) is 5.29. The summed E-state index contributed by atoms with van der Waals surface area (Å²) in [5.74, 6) is 1.32. The quantitative estimate of drug-likeness (QED) is 0.512. The van der Waals surface area contributed by atoms with E-state index >= 15 is 0 Å². The SMILES string of the molecule is CCCCCOc1ccc(C(=O)Nc2nnc(-c3ccc(OC)cc3)s2)cc1. The molecule has 0 aliphatic rings. The number of carbonyl (C=O) groups excluding carboxylic acids is 1. The number of rotatable bonds is 9. The van der Waals surface area contributed by atoms with E-state index in [1.54, 1.807) is 19.2 Å². The molecule has 0 fully saturated rings. The first-order valence-corrected chi connectivity index (χ1v) is 10.0. The second-order valence-corrected chi connectivity index (χ2v) is 7.15. The van der Waals surface area contributed by atoms with Gasteiger partial charge in [-0.05, 0) is 55.0 Å². The maximum atomic E-state index is 12.4. The first-order valence-electron chi connectivity index (χ1n) is 9.21. The molecule has 6 nitrogen and oxygen atoms in total. The zero-order valence-electron chi connectivity index (χ0n) is 16.0. The summed E-state index contributed by atoms with van der Waals surface area (Å²) >= 11 is 1.32. The van der Waals surface area contributed by atoms with Gasteiger partial charge in [0, 0.05) is 11.1 Å². The Kier molecular flexibility index (Phi) is 6.97. The molecule has 2 aromatic carbocycles. The van der Waals surface area contributed by atoms with Crippen LogP contribution in [0.3, 0.4) is 0 Å². The van der Waals surface area contributed by atoms with Crippen LogP contribution in [0.15, 0.2) is 48.5 Å². The van der Waals surface area contributed by atoms with Crippen LogP contribution in [0.5, 0.6) is 11.5 Å². The predicted molar refractivity (Wildman–Crippen MR) is 111 cm³/mol. The topological polar surface area (TPSA) is 73.3 Å². The molecular formula is C21H23N3O3S. The van der Waals surface area contributed by atoms with Crippen LogP contribution in [0.1, 0.15) is 36.5 Å². The summed E-state index contributed by atoms with van der Waals surface area (Å²) in [6, 6.07) is 14.6. The minimum Gasteiger partial charge on any atom is -0.497 e. The average molecular weight is 398 g/mol. The van der Waals surface area contributed by atoms with Gasteiger partial charge in [0.2, 0.25) is 5.13 Å². The van der Waals surface area contributed by atoms with Crippen molar-refractivity contribution in [3.63, 3.8) is 0 Å². The fourth-order valence-electron chi connectivity index (χ4n) is 2.54. The van der Waals surface area contributed by atoms with Crippen LogP contribution in [0.2, 0.25) is 0 Å². The fraction of sp³-hybridized carbons (Fsp3) is 0.286. The summed E-state index contributed by atoms with van der Waals surface area (Å²) in [4.78, 5) is 12.4. The number of hydrogen-bond acceptors (Lipinski definition) is 6. The number of amides is 1. The molecule has 0 saturated carbocycles. The molecule has 146 valence electrons. The van der Waals surface area contributed by atoms with Crippen LogP contribution >= 0.6 is 11.3 Å². The third-order valence-electron chi connectivity index (χ3n) is 4.12. The highest BCUT2D eigenvalue weighted by Crippen LogP contribution is 2.28. The molecule has 0 aliphatic heterocycles. The molecule has 0 spiro atoms. The van der Waals surface area contributed by atoms with Crippen molar-refractivity contribution in [3.05, 3.63) is 54.1 Å². The lowest BCUT2D eigenvalue weighted by atomic mass is 10.2. The number of hydrogen-bond donors (Lipinski definition) is 1. The van der Waals surface area contributed by atoms with Gasteiger partial charge >= 0.3 is 0 Å². The molecule has 0 saturated heterocycles. The van der Waals surface area contributed by atoms with Crippen LogP contribution in [0.4, 0.5) is 5.13 Å². The Morgan fingerprint density at radius 2 is 1.71 bits per heavy atom. The van der Waals surface area contributed by atoms with E-state index in [1.807, 2.05) is 36.4 Å². The van der Waals surface area contributed by atoms with Crippen LogP contribution in [0, 0.1) is 0 Å². The molecule has 3 aromatic rings. The van der Waals surface area contributed by atoms with Crippen LogP contribution < -0.4 is 14.8 Å². The van der Waals surface area contributed by atoms with Crippen LogP contribution in [0.25, 0.3) is 10.6 Å². The van der Waals surface area contributed by atoms with Crippen molar-refractivity contribution in [2.75, 3.05) is 19.0 Å². The minimum absolute atomic E-state index is 0.227. The summed E-state index contributed by atoms with van der Waals surface area (Å²) in [6.45, 7) is 2.85. The van der Waals surface area contributed by atoms with E-state index in [2.05, 4.69) is 22.4 Å². The summed E-state index contributed by atoms with van der Waals surface area (Å²) in [6.07, 6.45) is 3.35. The average Bonchev–Trinajstić information content (AvgIpc) is 3.20. The molecule has 1 amide bonds. The number of benzene rings is 2. The summed E-state index contributed by atoms with van der Waals surface area (Å²) in [5.41, 5.74) is 1.46. The molecule has 0 radical (unpaired) electrons. The van der Waals surface area contributed by atoms with Crippen molar-refractivity contribution in [2.24, 2.45) is 0 Å². The van der Waals surface area contributed by atoms with E-state index < -0.39 is 0 Å². The number of ether oxygens (including phenoxy) is 2. The highest BCUT2D eigenvalue weighted by Gasteiger charge is 2.11. The monoisotopic (exact) mass is 397 g/mol. The molecule has 0 atom stereocenters. The number of carbonyl (C=O) groups is 1. The fourth-order valence-corrected chi connectivity index (χ4v) is 3.28. The Balaban J connectivity index is 1.58. The first-order chi connectivity index (χ1) is 13.7. The lowest BCUT2D eigenvalue weighted by Gasteiger charge is -2.06. The maximum Gasteiger partial charge on any atom is 0.257 e. The van der Waals surface area contributed by atoms with E-state index in [1.165, 1.54) is 11.3 Å². The minimum atomic E-state index is -0.227. The molecule has 3 rings (SSSR count). The number of methoxy groups -OCH3 is 1. The highest BCUT2D eigenvalue weighted by atomic mass is 32.1. The largest absolute Gasteiger partial charge is 0.497 e. The van der Waals surface area contributed by atoms with E-state index in [9.17, 15) is 4.79 Å². The van der Waals surface area contributed by atoms with E-state index in [0.29, 0.717) is 17.3 Å². The molecule has 7 heteroatoms. The highest BCUT2D eigenvalue weighted by molar-refractivity contribution is 7.18. The molecule has 0 unspecified atom stereocenters. The Morgan fingerprint density at radius 1 is 1.00 bits per heavy atom.